The van der Waals surface area contributed by atoms with Gasteiger partial charge in [-0.15, -0.1) is 0 Å². The van der Waals surface area contributed by atoms with Gasteiger partial charge in [-0.05, 0) is 20.0 Å². The third-order valence-electron chi connectivity index (χ3n) is 5.74. The van der Waals surface area contributed by atoms with Gasteiger partial charge in [-0.25, -0.2) is 19.6 Å². The van der Waals surface area contributed by atoms with Crippen LogP contribution in [0, 0.1) is 11.3 Å². The van der Waals surface area contributed by atoms with Crippen molar-refractivity contribution in [1.82, 2.24) is 19.8 Å². The fraction of sp³-hybridized carbons (Fsp3) is 0.400. The Kier molecular flexibility index (Phi) is 9.29. The average Bonchev–Trinajstić information content (AvgIpc) is 2.89. The molecule has 1 saturated heterocycles. The number of aldehydes is 1. The number of rotatable bonds is 9. The maximum Gasteiger partial charge on any atom is 0.328 e. The highest BCUT2D eigenvalue weighted by molar-refractivity contribution is 6.00. The van der Waals surface area contributed by atoms with Crippen LogP contribution in [-0.4, -0.2) is 91.6 Å². The van der Waals surface area contributed by atoms with Crippen LogP contribution in [0.25, 0.3) is 0 Å². The number of amides is 2. The number of hydrogen-bond donors (Lipinski definition) is 1. The normalized spacial score (nSPS) is 14.4. The molecule has 12 nitrogen and oxygen atoms in total. The number of carbonyl (C=O) groups excluding carboxylic acids is 3. The molecule has 3 heterocycles. The van der Waals surface area contributed by atoms with E-state index >= 15 is 0 Å². The Hall–Kier alpha value is -4.30. The van der Waals surface area contributed by atoms with Crippen LogP contribution in [-0.2, 0) is 16.1 Å². The van der Waals surface area contributed by atoms with Gasteiger partial charge in [0.25, 0.3) is 0 Å². The van der Waals surface area contributed by atoms with Gasteiger partial charge in [-0.1, -0.05) is 6.07 Å². The van der Waals surface area contributed by atoms with Crippen LogP contribution >= 0.6 is 0 Å². The molecule has 1 aliphatic rings. The van der Waals surface area contributed by atoms with Crippen molar-refractivity contribution in [3.05, 3.63) is 46.9 Å². The number of carbonyl (C=O) groups is 2. The first-order valence-corrected chi connectivity index (χ1v) is 11.5. The van der Waals surface area contributed by atoms with Crippen molar-refractivity contribution in [3.8, 4) is 11.8 Å². The lowest BCUT2D eigenvalue weighted by Crippen LogP contribution is -2.42. The molecule has 0 saturated carbocycles. The quantitative estimate of drug-likeness (QED) is 0.394. The first kappa shape index (κ1) is 27.3. The van der Waals surface area contributed by atoms with Gasteiger partial charge in [0, 0.05) is 52.0 Å². The summed E-state index contributed by atoms with van der Waals surface area (Å²) in [5.74, 6) is 2.66. The number of nitriles is 1. The summed E-state index contributed by atoms with van der Waals surface area (Å²) in [7, 11) is 4.97. The van der Waals surface area contributed by atoms with Crippen molar-refractivity contribution in [1.29, 1.82) is 5.26 Å². The van der Waals surface area contributed by atoms with E-state index in [4.69, 9.17) is 9.47 Å². The highest BCUT2D eigenvalue weighted by Gasteiger charge is 2.22. The van der Waals surface area contributed by atoms with Crippen molar-refractivity contribution >= 4 is 29.9 Å². The van der Waals surface area contributed by atoms with Gasteiger partial charge < -0.3 is 14.4 Å². The van der Waals surface area contributed by atoms with Gasteiger partial charge in [-0.3, -0.25) is 19.9 Å². The molecule has 0 aromatic carbocycles. The number of nitrogens with one attached hydrogen (secondary N) is 1. The molecule has 1 N–H and O–H groups in total. The van der Waals surface area contributed by atoms with Gasteiger partial charge in [0.1, 0.15) is 52.5 Å². The summed E-state index contributed by atoms with van der Waals surface area (Å²) in [6.07, 6.45) is 1.61. The number of nitrogens with zero attached hydrogens (tertiary/aromatic N) is 6. The third kappa shape index (κ3) is 6.89. The van der Waals surface area contributed by atoms with Crippen molar-refractivity contribution in [2.45, 2.75) is 19.6 Å². The zero-order valence-electron chi connectivity index (χ0n) is 21.2. The van der Waals surface area contributed by atoms with Crippen LogP contribution < -0.4 is 15.0 Å². The lowest BCUT2D eigenvalue weighted by atomic mass is 10.1. The van der Waals surface area contributed by atoms with Crippen LogP contribution in [0.3, 0.4) is 0 Å². The summed E-state index contributed by atoms with van der Waals surface area (Å²) in [5, 5.41) is 12.0. The fourth-order valence-corrected chi connectivity index (χ4v) is 3.72. The van der Waals surface area contributed by atoms with Crippen LogP contribution in [0.1, 0.15) is 28.5 Å². The van der Waals surface area contributed by atoms with Crippen molar-refractivity contribution in [2.75, 3.05) is 57.7 Å². The Bertz CT molecular complexity index is 1240. The molecule has 0 bridgehead atoms. The molecule has 3 rings (SSSR count). The summed E-state index contributed by atoms with van der Waals surface area (Å²) in [5.41, 5.74) is 1.53. The number of hydrogen-bond acceptors (Lipinski definition) is 10. The van der Waals surface area contributed by atoms with E-state index in [1.807, 2.05) is 28.9 Å². The Morgan fingerprint density at radius 2 is 2.16 bits per heavy atom. The number of anilines is 2. The largest absolute Gasteiger partial charge is 0.487 e. The molecule has 12 heteroatoms. The van der Waals surface area contributed by atoms with E-state index in [1.54, 1.807) is 26.2 Å². The molecule has 37 heavy (non-hydrogen) atoms. The number of pyridine rings is 2. The van der Waals surface area contributed by atoms with Crippen molar-refractivity contribution in [3.63, 3.8) is 0 Å². The number of methoxy groups -OCH3 is 1. The predicted molar refractivity (Wildman–Crippen MR) is 135 cm³/mol. The zero-order valence-corrected chi connectivity index (χ0v) is 21.2. The molecule has 194 valence electrons. The second-order valence-corrected chi connectivity index (χ2v) is 8.59. The minimum absolute atomic E-state index is 0.167. The second kappa shape index (κ2) is 12.6. The van der Waals surface area contributed by atoms with Gasteiger partial charge in [0.15, 0.2) is 6.29 Å². The SMILES string of the molecule is COC[C@@H](C)Oc1cc(NC(=O)N(C)c2ccc(CN3CCN(C)CC3=C=O)c(C=O)n2)ncc1C#N. The fourth-order valence-electron chi connectivity index (χ4n) is 3.72. The number of piperazine rings is 1. The first-order valence-electron chi connectivity index (χ1n) is 11.5. The first-order chi connectivity index (χ1) is 17.8. The molecule has 2 aromatic heterocycles. The van der Waals surface area contributed by atoms with Crippen LogP contribution in [0.4, 0.5) is 16.4 Å². The molecular weight excluding hydrogens is 478 g/mol. The summed E-state index contributed by atoms with van der Waals surface area (Å²) < 4.78 is 10.8. The summed E-state index contributed by atoms with van der Waals surface area (Å²) in [6, 6.07) is 6.23. The number of aromatic nitrogens is 2. The highest BCUT2D eigenvalue weighted by Crippen LogP contribution is 2.23. The molecule has 0 radical (unpaired) electrons. The summed E-state index contributed by atoms with van der Waals surface area (Å²) >= 11 is 0. The molecule has 1 atom stereocenters. The lowest BCUT2D eigenvalue weighted by Gasteiger charge is -2.34. The van der Waals surface area contributed by atoms with E-state index < -0.39 is 6.03 Å². The van der Waals surface area contributed by atoms with E-state index in [0.29, 0.717) is 43.8 Å². The topological polar surface area (TPSA) is 141 Å². The van der Waals surface area contributed by atoms with Gasteiger partial charge in [-0.2, -0.15) is 5.26 Å². The molecule has 0 aliphatic carbocycles. The van der Waals surface area contributed by atoms with E-state index in [9.17, 15) is 19.6 Å². The monoisotopic (exact) mass is 507 g/mol. The standard InChI is InChI=1S/C25H29N7O5/c1-17(16-36-4)37-22-9-23(27-11-19(22)10-26)29-25(35)31(3)24-6-5-18(21(15-34)28-24)12-32-8-7-30(2)13-20(32)14-33/h5-6,9,11,15,17H,7-8,12-13,16H2,1-4H3,(H,27,29,35)/t17-/m1/s1. The van der Waals surface area contributed by atoms with Crippen molar-refractivity contribution < 1.29 is 23.9 Å². The minimum atomic E-state index is -0.560. The molecule has 2 amide bonds. The number of likely N-dealkylation sites (N-methyl/N-ethyl adjacent to an activating group) is 1. The predicted octanol–water partition coefficient (Wildman–Crippen LogP) is 1.71. The summed E-state index contributed by atoms with van der Waals surface area (Å²) in [4.78, 5) is 49.6. The molecular formula is C25H29N7O5. The molecule has 0 spiro atoms. The Morgan fingerprint density at radius 3 is 2.84 bits per heavy atom. The van der Waals surface area contributed by atoms with E-state index in [2.05, 4.69) is 15.3 Å². The molecule has 2 aromatic rings. The molecule has 0 unspecified atom stereocenters. The van der Waals surface area contributed by atoms with E-state index in [-0.39, 0.29) is 34.7 Å². The van der Waals surface area contributed by atoms with Crippen LogP contribution in [0.5, 0.6) is 5.75 Å². The summed E-state index contributed by atoms with van der Waals surface area (Å²) in [6.45, 7) is 4.32. The molecule has 1 fully saturated rings. The Labute approximate surface area is 215 Å². The third-order valence-corrected chi connectivity index (χ3v) is 5.74. The van der Waals surface area contributed by atoms with Crippen LogP contribution in [0.2, 0.25) is 0 Å². The molecule has 1 aliphatic heterocycles. The second-order valence-electron chi connectivity index (χ2n) is 8.59. The van der Waals surface area contributed by atoms with Gasteiger partial charge in [0.2, 0.25) is 0 Å². The highest BCUT2D eigenvalue weighted by atomic mass is 16.5. The maximum absolute atomic E-state index is 12.9. The van der Waals surface area contributed by atoms with Gasteiger partial charge in [0.05, 0.1) is 12.8 Å². The van der Waals surface area contributed by atoms with Gasteiger partial charge >= 0.3 is 6.03 Å². The minimum Gasteiger partial charge on any atom is -0.487 e. The number of urea groups is 1. The maximum atomic E-state index is 12.9. The number of ether oxygens (including phenoxy) is 2. The van der Waals surface area contributed by atoms with Crippen molar-refractivity contribution in [2.24, 2.45) is 0 Å². The van der Waals surface area contributed by atoms with E-state index in [0.717, 1.165) is 6.54 Å². The zero-order chi connectivity index (χ0) is 26.9. The Balaban J connectivity index is 1.74. The van der Waals surface area contributed by atoms with E-state index in [1.165, 1.54) is 24.2 Å². The average molecular weight is 508 g/mol. The van der Waals surface area contributed by atoms with Crippen LogP contribution in [0.15, 0.2) is 30.1 Å². The Morgan fingerprint density at radius 1 is 1.38 bits per heavy atom. The smallest absolute Gasteiger partial charge is 0.328 e. The lowest BCUT2D eigenvalue weighted by molar-refractivity contribution is 0.0919.